The third-order valence-electron chi connectivity index (χ3n) is 3.65. The van der Waals surface area contributed by atoms with E-state index in [4.69, 9.17) is 26.5 Å². The second-order valence-corrected chi connectivity index (χ2v) is 5.64. The average molecular weight is 339 g/mol. The normalized spacial score (nSPS) is 11.0. The number of ether oxygens (including phenoxy) is 1. The van der Waals surface area contributed by atoms with Crippen LogP contribution in [0.25, 0.3) is 21.9 Å². The molecule has 2 heterocycles. The third-order valence-corrected chi connectivity index (χ3v) is 3.93. The number of halogens is 1. The number of amides is 1. The number of rotatable bonds is 3. The summed E-state index contributed by atoms with van der Waals surface area (Å²) in [4.78, 5) is 15.2. The Bertz CT molecular complexity index is 1090. The monoisotopic (exact) mass is 338 g/mol. The van der Waals surface area contributed by atoms with Gasteiger partial charge in [0.1, 0.15) is 21.9 Å². The van der Waals surface area contributed by atoms with Crippen molar-refractivity contribution in [1.82, 2.24) is 4.98 Å². The van der Waals surface area contributed by atoms with E-state index in [1.165, 1.54) is 12.3 Å². The van der Waals surface area contributed by atoms with Crippen molar-refractivity contribution in [1.29, 1.82) is 0 Å². The fourth-order valence-corrected chi connectivity index (χ4v) is 2.72. The van der Waals surface area contributed by atoms with Crippen LogP contribution < -0.4 is 10.5 Å². The van der Waals surface area contributed by atoms with Crippen molar-refractivity contribution in [3.05, 3.63) is 65.3 Å². The summed E-state index contributed by atoms with van der Waals surface area (Å²) >= 11 is 6.10. The number of pyridine rings is 1. The summed E-state index contributed by atoms with van der Waals surface area (Å²) in [7, 11) is 0. The molecule has 0 fully saturated rings. The standard InChI is InChI=1S/C18H11ClN2O3/c19-14-7-10(17(20)22)9-21-18(14)23-11-5-6-16-13(8-11)12-3-1-2-4-15(12)24-16/h1-9H,(H2,20,22). The molecule has 0 aliphatic carbocycles. The second kappa shape index (κ2) is 5.54. The van der Waals surface area contributed by atoms with Crippen LogP contribution in [0.15, 0.2) is 59.1 Å². The fourth-order valence-electron chi connectivity index (χ4n) is 2.52. The van der Waals surface area contributed by atoms with Crippen molar-refractivity contribution in [2.45, 2.75) is 0 Å². The van der Waals surface area contributed by atoms with E-state index in [9.17, 15) is 4.79 Å². The van der Waals surface area contributed by atoms with Crippen molar-refractivity contribution in [2.75, 3.05) is 0 Å². The molecular formula is C18H11ClN2O3. The molecule has 0 saturated heterocycles. The number of hydrogen-bond donors (Lipinski definition) is 1. The highest BCUT2D eigenvalue weighted by molar-refractivity contribution is 6.32. The highest BCUT2D eigenvalue weighted by Gasteiger charge is 2.11. The van der Waals surface area contributed by atoms with E-state index in [1.54, 1.807) is 6.07 Å². The summed E-state index contributed by atoms with van der Waals surface area (Å²) in [6, 6.07) is 14.7. The zero-order valence-electron chi connectivity index (χ0n) is 12.3. The van der Waals surface area contributed by atoms with Gasteiger partial charge < -0.3 is 14.9 Å². The van der Waals surface area contributed by atoms with Gasteiger partial charge in [0.15, 0.2) is 0 Å². The maximum Gasteiger partial charge on any atom is 0.250 e. The van der Waals surface area contributed by atoms with Crippen LogP contribution in [0.3, 0.4) is 0 Å². The molecule has 2 aromatic carbocycles. The van der Waals surface area contributed by atoms with Gasteiger partial charge in [-0.05, 0) is 30.3 Å². The number of para-hydroxylation sites is 1. The zero-order chi connectivity index (χ0) is 16.7. The molecule has 0 unspecified atom stereocenters. The summed E-state index contributed by atoms with van der Waals surface area (Å²) < 4.78 is 11.5. The molecule has 24 heavy (non-hydrogen) atoms. The average Bonchev–Trinajstić information content (AvgIpc) is 2.94. The van der Waals surface area contributed by atoms with Crippen molar-refractivity contribution in [2.24, 2.45) is 5.73 Å². The number of furan rings is 1. The Balaban J connectivity index is 1.74. The lowest BCUT2D eigenvalue weighted by molar-refractivity contribution is 0.1000. The summed E-state index contributed by atoms with van der Waals surface area (Å²) in [5.41, 5.74) is 7.01. The Labute approximate surface area is 141 Å². The van der Waals surface area contributed by atoms with Crippen LogP contribution in [0, 0.1) is 0 Å². The maximum absolute atomic E-state index is 11.1. The molecule has 0 atom stereocenters. The van der Waals surface area contributed by atoms with Gasteiger partial charge in [-0.2, -0.15) is 0 Å². The van der Waals surface area contributed by atoms with Crippen LogP contribution in [0.4, 0.5) is 0 Å². The number of fused-ring (bicyclic) bond motifs is 3. The molecule has 2 aromatic heterocycles. The van der Waals surface area contributed by atoms with E-state index in [0.717, 1.165) is 21.9 Å². The highest BCUT2D eigenvalue weighted by atomic mass is 35.5. The van der Waals surface area contributed by atoms with Gasteiger partial charge in [0.2, 0.25) is 11.8 Å². The number of carbonyl (C=O) groups excluding carboxylic acids is 1. The lowest BCUT2D eigenvalue weighted by Gasteiger charge is -2.07. The van der Waals surface area contributed by atoms with Gasteiger partial charge in [-0.3, -0.25) is 4.79 Å². The predicted molar refractivity (Wildman–Crippen MR) is 91.6 cm³/mol. The molecule has 5 nitrogen and oxygen atoms in total. The predicted octanol–water partition coefficient (Wildman–Crippen LogP) is 4.53. The van der Waals surface area contributed by atoms with E-state index in [2.05, 4.69) is 4.98 Å². The molecule has 0 aliphatic rings. The molecule has 0 spiro atoms. The van der Waals surface area contributed by atoms with Crippen LogP contribution in [0.2, 0.25) is 5.02 Å². The van der Waals surface area contributed by atoms with Crippen LogP contribution >= 0.6 is 11.6 Å². The molecule has 0 aliphatic heterocycles. The molecule has 1 amide bonds. The molecule has 2 N–H and O–H groups in total. The molecule has 4 rings (SSSR count). The Morgan fingerprint density at radius 1 is 1.08 bits per heavy atom. The number of carbonyl (C=O) groups is 1. The smallest absolute Gasteiger partial charge is 0.250 e. The fraction of sp³-hybridized carbons (Fsp3) is 0. The number of benzene rings is 2. The first kappa shape index (κ1) is 14.5. The Hall–Kier alpha value is -3.05. The number of nitrogens with two attached hydrogens (primary N) is 1. The topological polar surface area (TPSA) is 78.4 Å². The quantitative estimate of drug-likeness (QED) is 0.595. The minimum absolute atomic E-state index is 0.203. The summed E-state index contributed by atoms with van der Waals surface area (Å²) in [6.45, 7) is 0. The molecular weight excluding hydrogens is 328 g/mol. The van der Waals surface area contributed by atoms with Gasteiger partial charge in [-0.15, -0.1) is 0 Å². The van der Waals surface area contributed by atoms with E-state index in [1.807, 2.05) is 36.4 Å². The highest BCUT2D eigenvalue weighted by Crippen LogP contribution is 2.34. The molecule has 4 aromatic rings. The van der Waals surface area contributed by atoms with Crippen molar-refractivity contribution in [3.63, 3.8) is 0 Å². The van der Waals surface area contributed by atoms with E-state index >= 15 is 0 Å². The van der Waals surface area contributed by atoms with Gasteiger partial charge in [-0.25, -0.2) is 4.98 Å². The number of hydrogen-bond acceptors (Lipinski definition) is 4. The Morgan fingerprint density at radius 2 is 1.88 bits per heavy atom. The number of aromatic nitrogens is 1. The Kier molecular flexibility index (Phi) is 3.36. The van der Waals surface area contributed by atoms with Crippen LogP contribution in [-0.2, 0) is 0 Å². The van der Waals surface area contributed by atoms with Crippen molar-refractivity contribution in [3.8, 4) is 11.6 Å². The number of nitrogens with zero attached hydrogens (tertiary/aromatic N) is 1. The maximum atomic E-state index is 11.1. The summed E-state index contributed by atoms with van der Waals surface area (Å²) in [5.74, 6) is 0.173. The zero-order valence-corrected chi connectivity index (χ0v) is 13.1. The van der Waals surface area contributed by atoms with Gasteiger partial charge in [-0.1, -0.05) is 29.8 Å². The molecule has 6 heteroatoms. The van der Waals surface area contributed by atoms with E-state index < -0.39 is 5.91 Å². The molecule has 0 radical (unpaired) electrons. The first-order valence-electron chi connectivity index (χ1n) is 7.16. The Morgan fingerprint density at radius 3 is 2.67 bits per heavy atom. The van der Waals surface area contributed by atoms with Gasteiger partial charge in [0, 0.05) is 17.0 Å². The lowest BCUT2D eigenvalue weighted by Crippen LogP contribution is -2.11. The first-order valence-corrected chi connectivity index (χ1v) is 7.54. The van der Waals surface area contributed by atoms with E-state index in [0.29, 0.717) is 5.75 Å². The molecule has 118 valence electrons. The van der Waals surface area contributed by atoms with Crippen LogP contribution in [0.1, 0.15) is 10.4 Å². The molecule has 0 bridgehead atoms. The number of primary amides is 1. The van der Waals surface area contributed by atoms with Crippen LogP contribution in [0.5, 0.6) is 11.6 Å². The van der Waals surface area contributed by atoms with Gasteiger partial charge in [0.25, 0.3) is 0 Å². The van der Waals surface area contributed by atoms with Crippen molar-refractivity contribution >= 4 is 39.4 Å². The SMILES string of the molecule is NC(=O)c1cnc(Oc2ccc3oc4ccccc4c3c2)c(Cl)c1. The van der Waals surface area contributed by atoms with Gasteiger partial charge >= 0.3 is 0 Å². The molecule has 0 saturated carbocycles. The third kappa shape index (κ3) is 2.45. The minimum atomic E-state index is -0.595. The first-order chi connectivity index (χ1) is 11.6. The van der Waals surface area contributed by atoms with Crippen molar-refractivity contribution < 1.29 is 13.9 Å². The largest absolute Gasteiger partial charge is 0.456 e. The lowest BCUT2D eigenvalue weighted by atomic mass is 10.1. The minimum Gasteiger partial charge on any atom is -0.456 e. The second-order valence-electron chi connectivity index (χ2n) is 5.23. The van der Waals surface area contributed by atoms with E-state index in [-0.39, 0.29) is 16.5 Å². The van der Waals surface area contributed by atoms with Gasteiger partial charge in [0.05, 0.1) is 5.56 Å². The summed E-state index contributed by atoms with van der Waals surface area (Å²) in [5, 5.41) is 2.15. The summed E-state index contributed by atoms with van der Waals surface area (Å²) in [6.07, 6.45) is 1.33. The van der Waals surface area contributed by atoms with Crippen LogP contribution in [-0.4, -0.2) is 10.9 Å².